The molecule has 0 aliphatic rings. The summed E-state index contributed by atoms with van der Waals surface area (Å²) in [5, 5.41) is 3.38. The zero-order valence-electron chi connectivity index (χ0n) is 12.7. The van der Waals surface area contributed by atoms with Gasteiger partial charge in [-0.2, -0.15) is 0 Å². The number of fused-ring (bicyclic) bond motifs is 2. The van der Waals surface area contributed by atoms with Gasteiger partial charge in [-0.05, 0) is 30.5 Å². The van der Waals surface area contributed by atoms with Crippen LogP contribution in [-0.4, -0.2) is 27.1 Å². The molecular weight excluding hydrogens is 340 g/mol. The summed E-state index contributed by atoms with van der Waals surface area (Å²) in [6.07, 6.45) is 3.50. The van der Waals surface area contributed by atoms with Gasteiger partial charge < -0.3 is 0 Å². The van der Waals surface area contributed by atoms with E-state index in [1.807, 2.05) is 48.7 Å². The summed E-state index contributed by atoms with van der Waals surface area (Å²) in [5.41, 5.74) is 2.64. The number of thiazole rings is 1. The number of hydrogen-bond acceptors (Lipinski definition) is 6. The van der Waals surface area contributed by atoms with Gasteiger partial charge in [0.2, 0.25) is 0 Å². The highest BCUT2D eigenvalue weighted by Gasteiger charge is 2.13. The second-order valence-corrected chi connectivity index (χ2v) is 6.90. The number of anilines is 1. The first kappa shape index (κ1) is 15.0. The lowest BCUT2D eigenvalue weighted by Gasteiger charge is -2.02. The number of para-hydroxylation sites is 3. The molecule has 0 saturated heterocycles. The highest BCUT2D eigenvalue weighted by atomic mass is 32.2. The predicted molar refractivity (Wildman–Crippen MR) is 98.9 cm³/mol. The minimum absolute atomic E-state index is 0.276. The van der Waals surface area contributed by atoms with Gasteiger partial charge in [0.1, 0.15) is 5.69 Å². The molecule has 0 atom stereocenters. The summed E-state index contributed by atoms with van der Waals surface area (Å²) in [4.78, 5) is 26.7. The third-order valence-corrected chi connectivity index (χ3v) is 5.21. The van der Waals surface area contributed by atoms with E-state index in [1.54, 1.807) is 11.8 Å². The smallest absolute Gasteiger partial charge is 0.277 e. The van der Waals surface area contributed by atoms with Crippen LogP contribution >= 0.6 is 23.1 Å². The van der Waals surface area contributed by atoms with Crippen LogP contribution in [0, 0.1) is 0 Å². The highest BCUT2D eigenvalue weighted by Crippen LogP contribution is 2.32. The van der Waals surface area contributed by atoms with Crippen molar-refractivity contribution in [3.63, 3.8) is 0 Å². The molecule has 0 radical (unpaired) electrons. The molecule has 1 amide bonds. The van der Waals surface area contributed by atoms with Crippen molar-refractivity contribution in [1.29, 1.82) is 0 Å². The van der Waals surface area contributed by atoms with Crippen molar-refractivity contribution in [1.82, 2.24) is 15.0 Å². The van der Waals surface area contributed by atoms with Gasteiger partial charge in [0, 0.05) is 4.90 Å². The molecule has 2 aromatic heterocycles. The highest BCUT2D eigenvalue weighted by molar-refractivity contribution is 7.98. The summed E-state index contributed by atoms with van der Waals surface area (Å²) in [6.45, 7) is 0. The maximum atomic E-state index is 12.4. The van der Waals surface area contributed by atoms with Gasteiger partial charge in [-0.3, -0.25) is 15.1 Å². The Labute approximate surface area is 146 Å². The van der Waals surface area contributed by atoms with Crippen LogP contribution in [0.5, 0.6) is 0 Å². The number of aromatic nitrogens is 3. The van der Waals surface area contributed by atoms with Crippen molar-refractivity contribution in [2.24, 2.45) is 0 Å². The SMILES string of the molecule is CSc1cccc2sc(NC(=O)c3cnc4ccccc4n3)nc12. The van der Waals surface area contributed by atoms with E-state index in [2.05, 4.69) is 20.3 Å². The van der Waals surface area contributed by atoms with Crippen molar-refractivity contribution in [2.45, 2.75) is 4.90 Å². The largest absolute Gasteiger partial charge is 0.296 e. The van der Waals surface area contributed by atoms with Crippen LogP contribution in [0.4, 0.5) is 5.13 Å². The number of carbonyl (C=O) groups excluding carboxylic acids is 1. The fourth-order valence-corrected chi connectivity index (χ4v) is 3.89. The minimum Gasteiger partial charge on any atom is -0.296 e. The number of hydrogen-bond donors (Lipinski definition) is 1. The van der Waals surface area contributed by atoms with Gasteiger partial charge in [0.25, 0.3) is 5.91 Å². The standard InChI is InChI=1S/C17H12N4OS2/c1-23-13-7-4-8-14-15(13)20-17(24-14)21-16(22)12-9-18-10-5-2-3-6-11(10)19-12/h2-9H,1H3,(H,20,21,22). The van der Waals surface area contributed by atoms with Gasteiger partial charge in [0.05, 0.1) is 27.4 Å². The lowest BCUT2D eigenvalue weighted by Crippen LogP contribution is -2.13. The average molecular weight is 352 g/mol. The molecule has 0 unspecified atom stereocenters. The molecule has 0 aliphatic carbocycles. The van der Waals surface area contributed by atoms with E-state index in [9.17, 15) is 4.79 Å². The molecule has 1 N–H and O–H groups in total. The lowest BCUT2D eigenvalue weighted by molar-refractivity contribution is 0.102. The summed E-state index contributed by atoms with van der Waals surface area (Å²) in [5.74, 6) is -0.307. The first-order chi connectivity index (χ1) is 11.7. The summed E-state index contributed by atoms with van der Waals surface area (Å²) in [6, 6.07) is 13.5. The number of nitrogens with zero attached hydrogens (tertiary/aromatic N) is 3. The van der Waals surface area contributed by atoms with E-state index in [4.69, 9.17) is 0 Å². The van der Waals surface area contributed by atoms with Crippen molar-refractivity contribution in [3.05, 3.63) is 54.4 Å². The van der Waals surface area contributed by atoms with Crippen LogP contribution in [-0.2, 0) is 0 Å². The number of carbonyl (C=O) groups is 1. The lowest BCUT2D eigenvalue weighted by atomic mass is 10.3. The second kappa shape index (κ2) is 6.18. The predicted octanol–water partition coefficient (Wildman–Crippen LogP) is 4.21. The number of rotatable bonds is 3. The molecule has 7 heteroatoms. The van der Waals surface area contributed by atoms with Gasteiger partial charge >= 0.3 is 0 Å². The van der Waals surface area contributed by atoms with Crippen LogP contribution in [0.25, 0.3) is 21.3 Å². The topological polar surface area (TPSA) is 67.8 Å². The fraction of sp³-hybridized carbons (Fsp3) is 0.0588. The van der Waals surface area contributed by atoms with Crippen molar-refractivity contribution >= 4 is 55.4 Å². The maximum absolute atomic E-state index is 12.4. The van der Waals surface area contributed by atoms with E-state index >= 15 is 0 Å². The van der Waals surface area contributed by atoms with Crippen LogP contribution in [0.15, 0.2) is 53.6 Å². The zero-order valence-corrected chi connectivity index (χ0v) is 14.3. The number of benzene rings is 2. The number of amides is 1. The van der Waals surface area contributed by atoms with Crippen LogP contribution in [0.3, 0.4) is 0 Å². The molecule has 0 saturated carbocycles. The molecule has 0 aliphatic heterocycles. The Kier molecular flexibility index (Phi) is 3.87. The summed E-state index contributed by atoms with van der Waals surface area (Å²) >= 11 is 3.09. The van der Waals surface area contributed by atoms with Gasteiger partial charge in [0.15, 0.2) is 5.13 Å². The third kappa shape index (κ3) is 2.72. The van der Waals surface area contributed by atoms with Crippen molar-refractivity contribution in [3.8, 4) is 0 Å². The van der Waals surface area contributed by atoms with Crippen LogP contribution in [0.2, 0.25) is 0 Å². The molecular formula is C17H12N4OS2. The normalized spacial score (nSPS) is 11.0. The Hall–Kier alpha value is -2.51. The van der Waals surface area contributed by atoms with Gasteiger partial charge in [-0.25, -0.2) is 9.97 Å². The first-order valence-corrected chi connectivity index (χ1v) is 9.25. The van der Waals surface area contributed by atoms with E-state index in [0.717, 1.165) is 20.6 Å². The van der Waals surface area contributed by atoms with Gasteiger partial charge in [-0.1, -0.05) is 29.5 Å². The number of nitrogens with one attached hydrogen (secondary N) is 1. The van der Waals surface area contributed by atoms with E-state index in [-0.39, 0.29) is 11.6 Å². The van der Waals surface area contributed by atoms with Crippen molar-refractivity contribution in [2.75, 3.05) is 11.6 Å². The van der Waals surface area contributed by atoms with Crippen molar-refractivity contribution < 1.29 is 4.79 Å². The van der Waals surface area contributed by atoms with Gasteiger partial charge in [-0.15, -0.1) is 11.8 Å². The minimum atomic E-state index is -0.307. The molecule has 4 rings (SSSR count). The summed E-state index contributed by atoms with van der Waals surface area (Å²) in [7, 11) is 0. The zero-order chi connectivity index (χ0) is 16.5. The van der Waals surface area contributed by atoms with E-state index in [1.165, 1.54) is 17.5 Å². The summed E-state index contributed by atoms with van der Waals surface area (Å²) < 4.78 is 1.04. The Morgan fingerprint density at radius 1 is 1.08 bits per heavy atom. The molecule has 2 heterocycles. The fourth-order valence-electron chi connectivity index (χ4n) is 2.37. The molecule has 4 aromatic rings. The van der Waals surface area contributed by atoms with Crippen LogP contribution < -0.4 is 5.32 Å². The third-order valence-electron chi connectivity index (χ3n) is 3.50. The first-order valence-electron chi connectivity index (χ1n) is 7.21. The van der Waals surface area contributed by atoms with E-state index in [0.29, 0.717) is 10.6 Å². The molecule has 24 heavy (non-hydrogen) atoms. The maximum Gasteiger partial charge on any atom is 0.277 e. The molecule has 0 spiro atoms. The Morgan fingerprint density at radius 3 is 2.75 bits per heavy atom. The molecule has 0 bridgehead atoms. The Balaban J connectivity index is 1.65. The molecule has 2 aromatic carbocycles. The van der Waals surface area contributed by atoms with E-state index < -0.39 is 0 Å². The Bertz CT molecular complexity index is 1060. The molecule has 0 fully saturated rings. The quantitative estimate of drug-likeness (QED) is 0.559. The second-order valence-electron chi connectivity index (χ2n) is 5.02. The Morgan fingerprint density at radius 2 is 1.92 bits per heavy atom. The van der Waals surface area contributed by atoms with Crippen LogP contribution in [0.1, 0.15) is 10.5 Å². The monoisotopic (exact) mass is 352 g/mol. The number of thioether (sulfide) groups is 1. The average Bonchev–Trinajstić information content (AvgIpc) is 3.03. The molecule has 118 valence electrons. The molecule has 5 nitrogen and oxygen atoms in total.